The predicted octanol–water partition coefficient (Wildman–Crippen LogP) is 1.56. The Morgan fingerprint density at radius 1 is 1.36 bits per heavy atom. The number of oxime groups is 1. The molecule has 1 aliphatic carbocycles. The van der Waals surface area contributed by atoms with E-state index in [1.807, 2.05) is 24.3 Å². The maximum absolute atomic E-state index is 9.99. The summed E-state index contributed by atoms with van der Waals surface area (Å²) < 4.78 is 0. The molecule has 1 aliphatic rings. The first kappa shape index (κ1) is 9.21. The molecule has 0 fully saturated rings. The van der Waals surface area contributed by atoms with Crippen LogP contribution in [0.4, 0.5) is 0 Å². The van der Waals surface area contributed by atoms with E-state index in [1.54, 1.807) is 6.92 Å². The van der Waals surface area contributed by atoms with E-state index in [-0.39, 0.29) is 0 Å². The third-order valence-electron chi connectivity index (χ3n) is 2.76. The SMILES string of the molecule is C[C@]1(O)CCc2ccccc2/C1=N\O. The van der Waals surface area contributed by atoms with E-state index in [4.69, 9.17) is 5.21 Å². The monoisotopic (exact) mass is 191 g/mol. The Bertz CT molecular complexity index is 383. The van der Waals surface area contributed by atoms with E-state index in [0.717, 1.165) is 17.5 Å². The summed E-state index contributed by atoms with van der Waals surface area (Å²) in [5, 5.41) is 22.1. The summed E-state index contributed by atoms with van der Waals surface area (Å²) in [5.74, 6) is 0. The molecule has 0 heterocycles. The normalized spacial score (nSPS) is 28.9. The van der Waals surface area contributed by atoms with Gasteiger partial charge >= 0.3 is 0 Å². The first-order chi connectivity index (χ1) is 6.65. The van der Waals surface area contributed by atoms with Crippen molar-refractivity contribution in [3.63, 3.8) is 0 Å². The van der Waals surface area contributed by atoms with Gasteiger partial charge in [-0.25, -0.2) is 0 Å². The Labute approximate surface area is 82.7 Å². The van der Waals surface area contributed by atoms with Crippen LogP contribution in [0.5, 0.6) is 0 Å². The van der Waals surface area contributed by atoms with Crippen LogP contribution >= 0.6 is 0 Å². The minimum Gasteiger partial charge on any atom is -0.411 e. The van der Waals surface area contributed by atoms with Crippen molar-refractivity contribution in [3.05, 3.63) is 35.4 Å². The molecule has 2 N–H and O–H groups in total. The quantitative estimate of drug-likeness (QED) is 0.483. The van der Waals surface area contributed by atoms with Crippen LogP contribution in [0.1, 0.15) is 24.5 Å². The van der Waals surface area contributed by atoms with Crippen LogP contribution in [0.2, 0.25) is 0 Å². The molecular formula is C11H13NO2. The Hall–Kier alpha value is -1.35. The fraction of sp³-hybridized carbons (Fsp3) is 0.364. The van der Waals surface area contributed by atoms with E-state index >= 15 is 0 Å². The van der Waals surface area contributed by atoms with Crippen molar-refractivity contribution in [1.82, 2.24) is 0 Å². The van der Waals surface area contributed by atoms with Crippen LogP contribution in [0, 0.1) is 0 Å². The van der Waals surface area contributed by atoms with E-state index in [0.29, 0.717) is 12.1 Å². The highest BCUT2D eigenvalue weighted by molar-refractivity contribution is 6.07. The van der Waals surface area contributed by atoms with Crippen molar-refractivity contribution < 1.29 is 10.3 Å². The largest absolute Gasteiger partial charge is 0.411 e. The topological polar surface area (TPSA) is 52.8 Å². The van der Waals surface area contributed by atoms with Crippen molar-refractivity contribution >= 4 is 5.71 Å². The second-order valence-electron chi connectivity index (χ2n) is 3.88. The van der Waals surface area contributed by atoms with Crippen molar-refractivity contribution in [3.8, 4) is 0 Å². The maximum Gasteiger partial charge on any atom is 0.118 e. The summed E-state index contributed by atoms with van der Waals surface area (Å²) in [6.45, 7) is 1.68. The van der Waals surface area contributed by atoms with Crippen molar-refractivity contribution in [1.29, 1.82) is 0 Å². The van der Waals surface area contributed by atoms with Gasteiger partial charge in [-0.1, -0.05) is 29.4 Å². The second kappa shape index (κ2) is 3.10. The molecule has 74 valence electrons. The first-order valence-electron chi connectivity index (χ1n) is 4.68. The lowest BCUT2D eigenvalue weighted by Gasteiger charge is -2.30. The molecule has 3 nitrogen and oxygen atoms in total. The first-order valence-corrected chi connectivity index (χ1v) is 4.68. The lowest BCUT2D eigenvalue weighted by Crippen LogP contribution is -2.40. The maximum atomic E-state index is 9.99. The van der Waals surface area contributed by atoms with E-state index in [2.05, 4.69) is 5.16 Å². The van der Waals surface area contributed by atoms with Gasteiger partial charge in [0.15, 0.2) is 0 Å². The van der Waals surface area contributed by atoms with E-state index in [9.17, 15) is 5.11 Å². The Kier molecular flexibility index (Phi) is 2.04. The van der Waals surface area contributed by atoms with Gasteiger partial charge in [0.25, 0.3) is 0 Å². The van der Waals surface area contributed by atoms with Gasteiger partial charge in [0, 0.05) is 5.56 Å². The fourth-order valence-corrected chi connectivity index (χ4v) is 1.92. The molecule has 1 atom stereocenters. The van der Waals surface area contributed by atoms with Crippen molar-refractivity contribution in [2.75, 3.05) is 0 Å². The second-order valence-corrected chi connectivity index (χ2v) is 3.88. The molecule has 1 aromatic rings. The lowest BCUT2D eigenvalue weighted by molar-refractivity contribution is 0.115. The Morgan fingerprint density at radius 3 is 2.79 bits per heavy atom. The Balaban J connectivity index is 2.57. The number of rotatable bonds is 0. The number of fused-ring (bicyclic) bond motifs is 1. The number of aryl methyl sites for hydroxylation is 1. The average Bonchev–Trinajstić information content (AvgIpc) is 2.17. The van der Waals surface area contributed by atoms with E-state index < -0.39 is 5.60 Å². The molecule has 0 aliphatic heterocycles. The Morgan fingerprint density at radius 2 is 2.07 bits per heavy atom. The number of hydrogen-bond donors (Lipinski definition) is 2. The minimum absolute atomic E-state index is 0.374. The summed E-state index contributed by atoms with van der Waals surface area (Å²) in [7, 11) is 0. The number of benzene rings is 1. The summed E-state index contributed by atoms with van der Waals surface area (Å²) in [6, 6.07) is 7.70. The number of hydrogen-bond acceptors (Lipinski definition) is 3. The van der Waals surface area contributed by atoms with Crippen molar-refractivity contribution in [2.24, 2.45) is 5.16 Å². The molecule has 2 rings (SSSR count). The summed E-state index contributed by atoms with van der Waals surface area (Å²) in [6.07, 6.45) is 1.42. The molecule has 0 amide bonds. The van der Waals surface area contributed by atoms with Gasteiger partial charge in [-0.15, -0.1) is 0 Å². The zero-order valence-corrected chi connectivity index (χ0v) is 8.07. The average molecular weight is 191 g/mol. The molecule has 14 heavy (non-hydrogen) atoms. The fourth-order valence-electron chi connectivity index (χ4n) is 1.92. The molecule has 0 unspecified atom stereocenters. The molecule has 0 radical (unpaired) electrons. The zero-order chi connectivity index (χ0) is 10.2. The highest BCUT2D eigenvalue weighted by Crippen LogP contribution is 2.28. The van der Waals surface area contributed by atoms with Gasteiger partial charge in [0.05, 0.1) is 0 Å². The third-order valence-corrected chi connectivity index (χ3v) is 2.76. The molecule has 0 saturated carbocycles. The van der Waals surface area contributed by atoms with Gasteiger partial charge < -0.3 is 10.3 Å². The van der Waals surface area contributed by atoms with Gasteiger partial charge in [-0.2, -0.15) is 0 Å². The summed E-state index contributed by atoms with van der Waals surface area (Å²) in [4.78, 5) is 0. The minimum atomic E-state index is -1.01. The molecule has 3 heteroatoms. The zero-order valence-electron chi connectivity index (χ0n) is 8.07. The lowest BCUT2D eigenvalue weighted by atomic mass is 9.80. The number of aliphatic hydroxyl groups is 1. The van der Waals surface area contributed by atoms with Crippen LogP contribution in [-0.2, 0) is 6.42 Å². The summed E-state index contributed by atoms with van der Waals surface area (Å²) in [5.41, 5.74) is 1.35. The molecule has 0 bridgehead atoms. The van der Waals surface area contributed by atoms with Gasteiger partial charge in [-0.3, -0.25) is 0 Å². The molecule has 0 spiro atoms. The van der Waals surface area contributed by atoms with Crippen LogP contribution in [0.15, 0.2) is 29.4 Å². The molecule has 0 aromatic heterocycles. The van der Waals surface area contributed by atoms with Crippen LogP contribution in [0.25, 0.3) is 0 Å². The van der Waals surface area contributed by atoms with Gasteiger partial charge in [0.1, 0.15) is 11.3 Å². The van der Waals surface area contributed by atoms with Gasteiger partial charge in [0.2, 0.25) is 0 Å². The molecule has 1 aromatic carbocycles. The van der Waals surface area contributed by atoms with Crippen molar-refractivity contribution in [2.45, 2.75) is 25.4 Å². The third kappa shape index (κ3) is 1.30. The van der Waals surface area contributed by atoms with Crippen LogP contribution in [0.3, 0.4) is 0 Å². The number of nitrogens with zero attached hydrogens (tertiary/aromatic N) is 1. The standard InChI is InChI=1S/C11H13NO2/c1-11(13)7-6-8-4-2-3-5-9(8)10(11)12-14/h2-5,13-14H,6-7H2,1H3/b12-10+/t11-/m0/s1. The molecular weight excluding hydrogens is 178 g/mol. The van der Waals surface area contributed by atoms with Crippen LogP contribution in [-0.4, -0.2) is 21.6 Å². The van der Waals surface area contributed by atoms with Gasteiger partial charge in [-0.05, 0) is 25.3 Å². The summed E-state index contributed by atoms with van der Waals surface area (Å²) >= 11 is 0. The highest BCUT2D eigenvalue weighted by Gasteiger charge is 2.34. The van der Waals surface area contributed by atoms with E-state index in [1.165, 1.54) is 0 Å². The smallest absolute Gasteiger partial charge is 0.118 e. The highest BCUT2D eigenvalue weighted by atomic mass is 16.4. The van der Waals surface area contributed by atoms with Crippen LogP contribution < -0.4 is 0 Å². The predicted molar refractivity (Wildman–Crippen MR) is 53.7 cm³/mol. The molecule has 0 saturated heterocycles.